The van der Waals surface area contributed by atoms with Crippen LogP contribution < -0.4 is 5.73 Å². The summed E-state index contributed by atoms with van der Waals surface area (Å²) in [6, 6.07) is 0. The molecule has 2 saturated heterocycles. The van der Waals surface area contributed by atoms with Crippen LogP contribution in [0.1, 0.15) is 40.0 Å². The molecule has 2 heterocycles. The van der Waals surface area contributed by atoms with Crippen molar-refractivity contribution in [3.05, 3.63) is 0 Å². The van der Waals surface area contributed by atoms with E-state index in [4.69, 9.17) is 15.2 Å². The van der Waals surface area contributed by atoms with Crippen LogP contribution in [-0.2, 0) is 9.47 Å². The van der Waals surface area contributed by atoms with Crippen LogP contribution in [0.4, 0.5) is 0 Å². The van der Waals surface area contributed by atoms with Crippen molar-refractivity contribution in [2.24, 2.45) is 5.73 Å². The maximum atomic E-state index is 6.13. The van der Waals surface area contributed by atoms with Crippen molar-refractivity contribution in [1.82, 2.24) is 0 Å². The first kappa shape index (κ1) is 10.4. The van der Waals surface area contributed by atoms with E-state index in [9.17, 15) is 0 Å². The first-order chi connectivity index (χ1) is 6.39. The second-order valence-corrected chi connectivity index (χ2v) is 5.66. The molecule has 0 saturated carbocycles. The van der Waals surface area contributed by atoms with Gasteiger partial charge in [-0.25, -0.2) is 0 Å². The Morgan fingerprint density at radius 1 is 1.21 bits per heavy atom. The second kappa shape index (κ2) is 2.94. The Balaban J connectivity index is 2.08. The van der Waals surface area contributed by atoms with E-state index in [1.807, 2.05) is 0 Å². The van der Waals surface area contributed by atoms with E-state index < -0.39 is 0 Å². The van der Waals surface area contributed by atoms with E-state index >= 15 is 0 Å². The van der Waals surface area contributed by atoms with Crippen LogP contribution in [0.25, 0.3) is 0 Å². The Morgan fingerprint density at radius 3 is 2.36 bits per heavy atom. The quantitative estimate of drug-likeness (QED) is 0.695. The fourth-order valence-electron chi connectivity index (χ4n) is 2.69. The summed E-state index contributed by atoms with van der Waals surface area (Å²) in [5.74, 6) is 0. The topological polar surface area (TPSA) is 44.5 Å². The minimum absolute atomic E-state index is 0.0279. The van der Waals surface area contributed by atoms with Crippen molar-refractivity contribution in [3.8, 4) is 0 Å². The predicted molar refractivity (Wildman–Crippen MR) is 55.2 cm³/mol. The molecule has 2 fully saturated rings. The van der Waals surface area contributed by atoms with Gasteiger partial charge in [-0.15, -0.1) is 0 Å². The second-order valence-electron chi connectivity index (χ2n) is 5.66. The first-order valence-corrected chi connectivity index (χ1v) is 5.43. The summed E-state index contributed by atoms with van der Waals surface area (Å²) in [5.41, 5.74) is 5.53. The fraction of sp³-hybridized carbons (Fsp3) is 1.00. The van der Waals surface area contributed by atoms with Gasteiger partial charge in [-0.2, -0.15) is 0 Å². The number of hydrogen-bond donors (Lipinski definition) is 1. The zero-order valence-corrected chi connectivity index (χ0v) is 9.43. The molecule has 1 spiro atoms. The van der Waals surface area contributed by atoms with E-state index in [1.54, 1.807) is 0 Å². The zero-order valence-electron chi connectivity index (χ0n) is 9.43. The van der Waals surface area contributed by atoms with Gasteiger partial charge in [0.05, 0.1) is 23.4 Å². The molecule has 2 atom stereocenters. The molecule has 2 aliphatic rings. The van der Waals surface area contributed by atoms with Gasteiger partial charge in [0.2, 0.25) is 0 Å². The van der Waals surface area contributed by atoms with Crippen LogP contribution in [0, 0.1) is 0 Å². The molecular formula is C11H21NO2. The lowest BCUT2D eigenvalue weighted by atomic mass is 9.90. The Bertz CT molecular complexity index is 241. The van der Waals surface area contributed by atoms with Crippen LogP contribution >= 0.6 is 0 Å². The number of nitrogens with two attached hydrogens (primary N) is 1. The van der Waals surface area contributed by atoms with Gasteiger partial charge in [0, 0.05) is 13.0 Å². The molecule has 0 bridgehead atoms. The number of ether oxygens (including phenoxy) is 2. The molecule has 82 valence electrons. The van der Waals surface area contributed by atoms with Crippen molar-refractivity contribution in [3.63, 3.8) is 0 Å². The molecule has 2 aliphatic heterocycles. The summed E-state index contributed by atoms with van der Waals surface area (Å²) >= 11 is 0. The fourth-order valence-corrected chi connectivity index (χ4v) is 2.69. The molecule has 0 aromatic heterocycles. The van der Waals surface area contributed by atoms with Gasteiger partial charge < -0.3 is 15.2 Å². The average molecular weight is 199 g/mol. The highest BCUT2D eigenvalue weighted by Gasteiger charge is 2.53. The van der Waals surface area contributed by atoms with Gasteiger partial charge >= 0.3 is 0 Å². The Kier molecular flexibility index (Phi) is 2.18. The highest BCUT2D eigenvalue weighted by Crippen LogP contribution is 2.46. The van der Waals surface area contributed by atoms with E-state index in [0.29, 0.717) is 6.54 Å². The third kappa shape index (κ3) is 1.69. The van der Waals surface area contributed by atoms with Crippen molar-refractivity contribution in [2.75, 3.05) is 13.2 Å². The van der Waals surface area contributed by atoms with E-state index in [-0.39, 0.29) is 16.8 Å². The van der Waals surface area contributed by atoms with Crippen LogP contribution in [0.15, 0.2) is 0 Å². The molecule has 0 aliphatic carbocycles. The van der Waals surface area contributed by atoms with E-state index in [1.165, 1.54) is 0 Å². The number of rotatable bonds is 1. The van der Waals surface area contributed by atoms with Crippen molar-refractivity contribution in [1.29, 1.82) is 0 Å². The lowest BCUT2D eigenvalue weighted by Crippen LogP contribution is -2.39. The monoisotopic (exact) mass is 199 g/mol. The summed E-state index contributed by atoms with van der Waals surface area (Å²) < 4.78 is 11.9. The SMILES string of the molecule is CC1(C)CC2(CCC(C)(CN)O2)CO1. The van der Waals surface area contributed by atoms with Crippen LogP contribution in [0.5, 0.6) is 0 Å². The largest absolute Gasteiger partial charge is 0.372 e. The van der Waals surface area contributed by atoms with Crippen molar-refractivity contribution >= 4 is 0 Å². The summed E-state index contributed by atoms with van der Waals surface area (Å²) in [6.45, 7) is 7.70. The molecule has 0 aromatic rings. The lowest BCUT2D eigenvalue weighted by Gasteiger charge is -2.28. The summed E-state index contributed by atoms with van der Waals surface area (Å²) in [5, 5.41) is 0. The molecule has 14 heavy (non-hydrogen) atoms. The van der Waals surface area contributed by atoms with Gasteiger partial charge in [-0.1, -0.05) is 0 Å². The summed E-state index contributed by atoms with van der Waals surface area (Å²) in [4.78, 5) is 0. The number of hydrogen-bond acceptors (Lipinski definition) is 3. The van der Waals surface area contributed by atoms with Crippen LogP contribution in [-0.4, -0.2) is 30.0 Å². The van der Waals surface area contributed by atoms with Crippen LogP contribution in [0.2, 0.25) is 0 Å². The third-order valence-electron chi connectivity index (χ3n) is 3.48. The average Bonchev–Trinajstić information content (AvgIpc) is 2.56. The maximum Gasteiger partial charge on any atom is 0.0951 e. The minimum Gasteiger partial charge on any atom is -0.372 e. The summed E-state index contributed by atoms with van der Waals surface area (Å²) in [7, 11) is 0. The van der Waals surface area contributed by atoms with Gasteiger partial charge in [0.1, 0.15) is 0 Å². The maximum absolute atomic E-state index is 6.13. The minimum atomic E-state index is -0.121. The Labute approximate surface area is 85.9 Å². The highest BCUT2D eigenvalue weighted by atomic mass is 16.6. The standard InChI is InChI=1S/C11H21NO2/c1-9(2)6-11(8-13-9)5-4-10(3,7-12)14-11/h4-8,12H2,1-3H3. The van der Waals surface area contributed by atoms with Gasteiger partial charge in [0.15, 0.2) is 0 Å². The van der Waals surface area contributed by atoms with Gasteiger partial charge in [-0.05, 0) is 33.6 Å². The van der Waals surface area contributed by atoms with Crippen LogP contribution in [0.3, 0.4) is 0 Å². The normalized spacial score (nSPS) is 46.3. The molecule has 0 aromatic carbocycles. The Morgan fingerprint density at radius 2 is 1.93 bits per heavy atom. The van der Waals surface area contributed by atoms with Crippen molar-refractivity contribution in [2.45, 2.75) is 56.8 Å². The molecule has 3 heteroatoms. The van der Waals surface area contributed by atoms with Gasteiger partial charge in [0.25, 0.3) is 0 Å². The molecule has 0 radical (unpaired) electrons. The predicted octanol–water partition coefficient (Wildman–Crippen LogP) is 1.45. The molecular weight excluding hydrogens is 178 g/mol. The zero-order chi connectivity index (χ0) is 10.4. The molecule has 2 rings (SSSR count). The van der Waals surface area contributed by atoms with E-state index in [2.05, 4.69) is 20.8 Å². The van der Waals surface area contributed by atoms with E-state index in [0.717, 1.165) is 25.9 Å². The van der Waals surface area contributed by atoms with Gasteiger partial charge in [-0.3, -0.25) is 0 Å². The smallest absolute Gasteiger partial charge is 0.0951 e. The third-order valence-corrected chi connectivity index (χ3v) is 3.48. The Hall–Kier alpha value is -0.120. The first-order valence-electron chi connectivity index (χ1n) is 5.43. The molecule has 2 N–H and O–H groups in total. The molecule has 0 amide bonds. The molecule has 3 nitrogen and oxygen atoms in total. The van der Waals surface area contributed by atoms with Crippen molar-refractivity contribution < 1.29 is 9.47 Å². The lowest BCUT2D eigenvalue weighted by molar-refractivity contribution is -0.0909. The highest BCUT2D eigenvalue weighted by molar-refractivity contribution is 5.02. The molecule has 2 unspecified atom stereocenters. The summed E-state index contributed by atoms with van der Waals surface area (Å²) in [6.07, 6.45) is 3.14.